The lowest BCUT2D eigenvalue weighted by Gasteiger charge is -2.18. The summed E-state index contributed by atoms with van der Waals surface area (Å²) in [6, 6.07) is 6.39. The van der Waals surface area contributed by atoms with Gasteiger partial charge in [0.1, 0.15) is 0 Å². The third-order valence-electron chi connectivity index (χ3n) is 5.21. The Labute approximate surface area is 177 Å². The van der Waals surface area contributed by atoms with Crippen LogP contribution in [-0.2, 0) is 29.0 Å². The molecule has 30 heavy (non-hydrogen) atoms. The van der Waals surface area contributed by atoms with Crippen molar-refractivity contribution in [1.82, 2.24) is 14.6 Å². The van der Waals surface area contributed by atoms with Gasteiger partial charge in [-0.1, -0.05) is 6.92 Å². The van der Waals surface area contributed by atoms with Crippen molar-refractivity contribution in [2.45, 2.75) is 72.5 Å². The molecule has 0 aliphatic heterocycles. The molecule has 0 bridgehead atoms. The van der Waals surface area contributed by atoms with E-state index in [2.05, 4.69) is 30.1 Å². The van der Waals surface area contributed by atoms with Crippen LogP contribution in [0.25, 0.3) is 16.6 Å². The summed E-state index contributed by atoms with van der Waals surface area (Å²) in [5.74, 6) is -0.755. The number of aromatic nitrogens is 3. The van der Waals surface area contributed by atoms with Gasteiger partial charge in [-0.3, -0.25) is 9.78 Å². The predicted molar refractivity (Wildman–Crippen MR) is 118 cm³/mol. The summed E-state index contributed by atoms with van der Waals surface area (Å²) in [6.45, 7) is 8.63. The molecule has 3 aromatic heterocycles. The fourth-order valence-corrected chi connectivity index (χ4v) is 3.75. The molecule has 160 valence electrons. The van der Waals surface area contributed by atoms with Crippen LogP contribution >= 0.6 is 0 Å². The molecule has 6 nitrogen and oxygen atoms in total. The summed E-state index contributed by atoms with van der Waals surface area (Å²) >= 11 is 0. The molecule has 6 heteroatoms. The summed E-state index contributed by atoms with van der Waals surface area (Å²) in [6.07, 6.45) is 7.09. The van der Waals surface area contributed by atoms with Crippen LogP contribution in [0.2, 0.25) is 0 Å². The lowest BCUT2D eigenvalue weighted by Crippen LogP contribution is -2.12. The third-order valence-corrected chi connectivity index (χ3v) is 5.21. The summed E-state index contributed by atoms with van der Waals surface area (Å²) < 4.78 is 7.97. The van der Waals surface area contributed by atoms with Crippen LogP contribution in [0, 0.1) is 6.92 Å². The van der Waals surface area contributed by atoms with Crippen molar-refractivity contribution in [2.75, 3.05) is 0 Å². The number of fused-ring (bicyclic) bond motifs is 1. The number of pyridine rings is 1. The molecule has 0 aliphatic carbocycles. The van der Waals surface area contributed by atoms with Crippen LogP contribution in [0.5, 0.6) is 0 Å². The Bertz CT molecular complexity index is 1020. The van der Waals surface area contributed by atoms with Crippen LogP contribution < -0.4 is 0 Å². The van der Waals surface area contributed by atoms with Gasteiger partial charge in [0.05, 0.1) is 23.9 Å². The zero-order valence-corrected chi connectivity index (χ0v) is 18.3. The van der Waals surface area contributed by atoms with E-state index in [9.17, 15) is 4.79 Å². The monoisotopic (exact) mass is 409 g/mol. The minimum atomic E-state index is -0.755. The zero-order valence-electron chi connectivity index (χ0n) is 18.3. The van der Waals surface area contributed by atoms with E-state index in [4.69, 9.17) is 14.9 Å². The van der Waals surface area contributed by atoms with Crippen molar-refractivity contribution in [3.63, 3.8) is 0 Å². The molecule has 0 spiro atoms. The number of carbonyl (C=O) groups is 1. The molecule has 0 fully saturated rings. The van der Waals surface area contributed by atoms with Crippen molar-refractivity contribution in [1.29, 1.82) is 0 Å². The maximum Gasteiger partial charge on any atom is 0.303 e. The van der Waals surface area contributed by atoms with E-state index in [-0.39, 0.29) is 12.5 Å². The Kier molecular flexibility index (Phi) is 7.21. The molecule has 3 aromatic rings. The number of carboxylic acids is 1. The lowest BCUT2D eigenvalue weighted by atomic mass is 9.94. The van der Waals surface area contributed by atoms with Crippen LogP contribution in [0.15, 0.2) is 30.6 Å². The topological polar surface area (TPSA) is 76.7 Å². The smallest absolute Gasteiger partial charge is 0.303 e. The quantitative estimate of drug-likeness (QED) is 0.477. The molecule has 0 atom stereocenters. The molecule has 0 unspecified atom stereocenters. The van der Waals surface area contributed by atoms with E-state index in [0.29, 0.717) is 13.0 Å². The van der Waals surface area contributed by atoms with Crippen molar-refractivity contribution in [3.05, 3.63) is 53.1 Å². The molecule has 0 amide bonds. The molecule has 0 radical (unpaired) electrons. The van der Waals surface area contributed by atoms with Gasteiger partial charge in [0.2, 0.25) is 0 Å². The summed E-state index contributed by atoms with van der Waals surface area (Å²) in [5, 5.41) is 14.0. The second kappa shape index (κ2) is 9.85. The zero-order chi connectivity index (χ0) is 21.7. The minimum absolute atomic E-state index is 0.0988. The highest BCUT2D eigenvalue weighted by atomic mass is 16.5. The maximum atomic E-state index is 10.9. The van der Waals surface area contributed by atoms with Gasteiger partial charge in [-0.15, -0.1) is 0 Å². The Hall–Kier alpha value is -2.73. The number of aliphatic carboxylic acids is 1. The average molecular weight is 410 g/mol. The van der Waals surface area contributed by atoms with Gasteiger partial charge in [-0.05, 0) is 75.8 Å². The van der Waals surface area contributed by atoms with E-state index in [1.165, 1.54) is 0 Å². The molecule has 0 saturated carbocycles. The van der Waals surface area contributed by atoms with Gasteiger partial charge < -0.3 is 9.84 Å². The molecule has 0 saturated heterocycles. The number of rotatable bonds is 10. The van der Waals surface area contributed by atoms with Gasteiger partial charge in [0, 0.05) is 35.6 Å². The Morgan fingerprint density at radius 1 is 1.23 bits per heavy atom. The van der Waals surface area contributed by atoms with E-state index < -0.39 is 5.97 Å². The number of hydrogen-bond acceptors (Lipinski definition) is 4. The van der Waals surface area contributed by atoms with E-state index in [0.717, 1.165) is 58.4 Å². The lowest BCUT2D eigenvalue weighted by molar-refractivity contribution is -0.137. The first-order valence-electron chi connectivity index (χ1n) is 10.7. The van der Waals surface area contributed by atoms with Crippen molar-refractivity contribution in [2.24, 2.45) is 0 Å². The van der Waals surface area contributed by atoms with E-state index in [1.54, 1.807) is 0 Å². The third kappa shape index (κ3) is 5.05. The second-order valence-electron chi connectivity index (χ2n) is 7.99. The fraction of sp³-hybridized carbons (Fsp3) is 0.458. The van der Waals surface area contributed by atoms with Crippen molar-refractivity contribution >= 4 is 11.5 Å². The van der Waals surface area contributed by atoms with Crippen molar-refractivity contribution in [3.8, 4) is 11.1 Å². The molecule has 0 aromatic carbocycles. The van der Waals surface area contributed by atoms with Crippen molar-refractivity contribution < 1.29 is 14.6 Å². The fourth-order valence-electron chi connectivity index (χ4n) is 3.75. The molecule has 0 aliphatic rings. The van der Waals surface area contributed by atoms with Gasteiger partial charge in [-0.25, -0.2) is 4.52 Å². The summed E-state index contributed by atoms with van der Waals surface area (Å²) in [4.78, 5) is 15.4. The largest absolute Gasteiger partial charge is 0.481 e. The van der Waals surface area contributed by atoms with E-state index in [1.807, 2.05) is 37.7 Å². The molecular formula is C24H31N3O3. The van der Waals surface area contributed by atoms with Gasteiger partial charge in [0.25, 0.3) is 0 Å². The van der Waals surface area contributed by atoms with Gasteiger partial charge in [-0.2, -0.15) is 5.10 Å². The molecule has 3 rings (SSSR count). The number of carboxylic acid groups (broad SMARTS) is 1. The standard InChI is InChI=1S/C24H31N3O3/c1-5-19-10-11-22-24(18-12-17(4)13-25-14-18)20(8-6-7-9-23(28)29)21(26-27(19)22)15-30-16(2)3/h10-14,16H,5-9,15H2,1-4H3,(H,28,29). The Balaban J connectivity index is 2.16. The predicted octanol–water partition coefficient (Wildman–Crippen LogP) is 4.99. The summed E-state index contributed by atoms with van der Waals surface area (Å²) in [5.41, 5.74) is 7.52. The number of hydrogen-bond donors (Lipinski definition) is 1. The molecular weight excluding hydrogens is 378 g/mol. The van der Waals surface area contributed by atoms with Crippen LogP contribution in [0.1, 0.15) is 62.5 Å². The molecule has 3 heterocycles. The minimum Gasteiger partial charge on any atom is -0.481 e. The first-order chi connectivity index (χ1) is 14.4. The number of ether oxygens (including phenoxy) is 1. The van der Waals surface area contributed by atoms with Crippen LogP contribution in [0.3, 0.4) is 0 Å². The van der Waals surface area contributed by atoms with Crippen LogP contribution in [0.4, 0.5) is 0 Å². The SMILES string of the molecule is CCc1ccc2c(-c3cncc(C)c3)c(CCCCC(=O)O)c(COC(C)C)nn12. The first-order valence-corrected chi connectivity index (χ1v) is 10.7. The van der Waals surface area contributed by atoms with Gasteiger partial charge in [0.15, 0.2) is 0 Å². The molecule has 1 N–H and O–H groups in total. The van der Waals surface area contributed by atoms with Crippen LogP contribution in [-0.4, -0.2) is 31.8 Å². The normalized spacial score (nSPS) is 11.5. The Morgan fingerprint density at radius 2 is 2.03 bits per heavy atom. The second-order valence-corrected chi connectivity index (χ2v) is 7.99. The summed E-state index contributed by atoms with van der Waals surface area (Å²) in [7, 11) is 0. The highest BCUT2D eigenvalue weighted by Gasteiger charge is 2.19. The highest BCUT2D eigenvalue weighted by molar-refractivity contribution is 5.83. The highest BCUT2D eigenvalue weighted by Crippen LogP contribution is 2.33. The Morgan fingerprint density at radius 3 is 2.70 bits per heavy atom. The average Bonchev–Trinajstić information content (AvgIpc) is 3.11. The van der Waals surface area contributed by atoms with Gasteiger partial charge >= 0.3 is 5.97 Å². The number of unbranched alkanes of at least 4 members (excludes halogenated alkanes) is 1. The number of nitrogens with zero attached hydrogens (tertiary/aromatic N) is 3. The van der Waals surface area contributed by atoms with E-state index >= 15 is 0 Å². The maximum absolute atomic E-state index is 10.9. The first kappa shape index (κ1) is 22.0. The number of aryl methyl sites for hydroxylation is 2.